The molecule has 0 spiro atoms. The molecule has 0 aliphatic rings. The third-order valence-corrected chi connectivity index (χ3v) is 4.25. The lowest BCUT2D eigenvalue weighted by Crippen LogP contribution is -2.11. The number of anilines is 1. The van der Waals surface area contributed by atoms with E-state index < -0.39 is 0 Å². The van der Waals surface area contributed by atoms with Gasteiger partial charge < -0.3 is 14.8 Å². The van der Waals surface area contributed by atoms with Crippen LogP contribution in [0, 0.1) is 13.8 Å². The zero-order valence-electron chi connectivity index (χ0n) is 16.1. The van der Waals surface area contributed by atoms with Gasteiger partial charge in [-0.2, -0.15) is 0 Å². The molecule has 0 aliphatic heterocycles. The first kappa shape index (κ1) is 18.8. The van der Waals surface area contributed by atoms with Crippen LogP contribution in [0.15, 0.2) is 72.8 Å². The molecular formula is C24H27NO2. The lowest BCUT2D eigenvalue weighted by Gasteiger charge is -2.11. The van der Waals surface area contributed by atoms with Gasteiger partial charge in [-0.05, 0) is 66.9 Å². The zero-order chi connectivity index (χ0) is 18.9. The minimum atomic E-state index is 0.623. The van der Waals surface area contributed by atoms with E-state index in [1.807, 2.05) is 30.3 Å². The number of hydrogen-bond acceptors (Lipinski definition) is 3. The summed E-state index contributed by atoms with van der Waals surface area (Å²) in [5.41, 5.74) is 4.80. The molecule has 0 bridgehead atoms. The molecule has 27 heavy (non-hydrogen) atoms. The van der Waals surface area contributed by atoms with Gasteiger partial charge in [-0.3, -0.25) is 0 Å². The fourth-order valence-corrected chi connectivity index (χ4v) is 2.98. The third-order valence-electron chi connectivity index (χ3n) is 4.25. The molecule has 1 N–H and O–H groups in total. The highest BCUT2D eigenvalue weighted by Gasteiger charge is 1.99. The maximum absolute atomic E-state index is 5.82. The van der Waals surface area contributed by atoms with Crippen LogP contribution in [0.25, 0.3) is 0 Å². The van der Waals surface area contributed by atoms with Crippen molar-refractivity contribution < 1.29 is 9.47 Å². The molecular weight excluding hydrogens is 334 g/mol. The molecule has 0 aromatic heterocycles. The molecule has 3 rings (SSSR count). The van der Waals surface area contributed by atoms with Crippen LogP contribution in [-0.2, 0) is 6.42 Å². The Morgan fingerprint density at radius 3 is 2.07 bits per heavy atom. The lowest BCUT2D eigenvalue weighted by molar-refractivity contribution is 0.322. The van der Waals surface area contributed by atoms with Gasteiger partial charge in [0.25, 0.3) is 0 Å². The summed E-state index contributed by atoms with van der Waals surface area (Å²) in [6.45, 7) is 6.23. The highest BCUT2D eigenvalue weighted by molar-refractivity contribution is 5.46. The van der Waals surface area contributed by atoms with Gasteiger partial charge in [0.1, 0.15) is 18.1 Å². The van der Waals surface area contributed by atoms with E-state index in [4.69, 9.17) is 9.47 Å². The predicted octanol–water partition coefficient (Wildman–Crippen LogP) is 5.42. The highest BCUT2D eigenvalue weighted by Crippen LogP contribution is 2.17. The van der Waals surface area contributed by atoms with E-state index in [1.54, 1.807) is 0 Å². The van der Waals surface area contributed by atoms with Crippen molar-refractivity contribution in [1.29, 1.82) is 0 Å². The van der Waals surface area contributed by atoms with Crippen LogP contribution in [0.2, 0.25) is 0 Å². The molecule has 0 unspecified atom stereocenters. The Labute approximate surface area is 162 Å². The van der Waals surface area contributed by atoms with Crippen molar-refractivity contribution in [2.45, 2.75) is 20.3 Å². The van der Waals surface area contributed by atoms with E-state index in [1.165, 1.54) is 16.7 Å². The minimum Gasteiger partial charge on any atom is -0.493 e. The van der Waals surface area contributed by atoms with Gasteiger partial charge in [-0.25, -0.2) is 0 Å². The van der Waals surface area contributed by atoms with Crippen LogP contribution >= 0.6 is 0 Å². The summed E-state index contributed by atoms with van der Waals surface area (Å²) >= 11 is 0. The zero-order valence-corrected chi connectivity index (χ0v) is 16.1. The molecule has 0 fully saturated rings. The Balaban J connectivity index is 1.37. The van der Waals surface area contributed by atoms with Gasteiger partial charge in [-0.1, -0.05) is 36.4 Å². The SMILES string of the molecule is Cc1cc(C)cc(OCCNc2ccc(OCCc3ccccc3)cc2)c1. The fraction of sp³-hybridized carbons (Fsp3) is 0.250. The Morgan fingerprint density at radius 1 is 0.704 bits per heavy atom. The molecule has 0 amide bonds. The Kier molecular flexibility index (Phi) is 6.75. The summed E-state index contributed by atoms with van der Waals surface area (Å²) < 4.78 is 11.6. The maximum atomic E-state index is 5.82. The number of aryl methyl sites for hydroxylation is 2. The quantitative estimate of drug-likeness (QED) is 0.517. The number of hydrogen-bond donors (Lipinski definition) is 1. The number of benzene rings is 3. The first-order valence-corrected chi connectivity index (χ1v) is 9.41. The van der Waals surface area contributed by atoms with Gasteiger partial charge in [0, 0.05) is 18.7 Å². The van der Waals surface area contributed by atoms with E-state index in [-0.39, 0.29) is 0 Å². The van der Waals surface area contributed by atoms with Crippen LogP contribution in [0.4, 0.5) is 5.69 Å². The molecule has 3 nitrogen and oxygen atoms in total. The Hall–Kier alpha value is -2.94. The molecule has 3 aromatic carbocycles. The second-order valence-electron chi connectivity index (χ2n) is 6.71. The van der Waals surface area contributed by atoms with Crippen LogP contribution < -0.4 is 14.8 Å². The molecule has 3 heteroatoms. The molecule has 0 radical (unpaired) electrons. The Bertz CT molecular complexity index is 809. The summed E-state index contributed by atoms with van der Waals surface area (Å²) in [6.07, 6.45) is 0.913. The molecule has 140 valence electrons. The predicted molar refractivity (Wildman–Crippen MR) is 112 cm³/mol. The fourth-order valence-electron chi connectivity index (χ4n) is 2.98. The smallest absolute Gasteiger partial charge is 0.119 e. The van der Waals surface area contributed by atoms with E-state index in [0.29, 0.717) is 13.2 Å². The topological polar surface area (TPSA) is 30.5 Å². The first-order valence-electron chi connectivity index (χ1n) is 9.41. The average molecular weight is 361 g/mol. The summed E-state index contributed by atoms with van der Waals surface area (Å²) in [5, 5.41) is 3.37. The van der Waals surface area contributed by atoms with Gasteiger partial charge in [-0.15, -0.1) is 0 Å². The average Bonchev–Trinajstić information content (AvgIpc) is 2.66. The van der Waals surface area contributed by atoms with Crippen LogP contribution in [-0.4, -0.2) is 19.8 Å². The number of nitrogens with one attached hydrogen (secondary N) is 1. The molecule has 0 atom stereocenters. The summed E-state index contributed by atoms with van der Waals surface area (Å²) in [5.74, 6) is 1.82. The van der Waals surface area contributed by atoms with Crippen molar-refractivity contribution in [3.63, 3.8) is 0 Å². The minimum absolute atomic E-state index is 0.623. The van der Waals surface area contributed by atoms with Crippen LogP contribution in [0.1, 0.15) is 16.7 Å². The van der Waals surface area contributed by atoms with Crippen molar-refractivity contribution in [1.82, 2.24) is 0 Å². The van der Waals surface area contributed by atoms with Gasteiger partial charge >= 0.3 is 0 Å². The maximum Gasteiger partial charge on any atom is 0.119 e. The Morgan fingerprint density at radius 2 is 1.37 bits per heavy atom. The number of ether oxygens (including phenoxy) is 2. The molecule has 0 heterocycles. The second-order valence-corrected chi connectivity index (χ2v) is 6.71. The largest absolute Gasteiger partial charge is 0.493 e. The number of rotatable bonds is 9. The summed E-state index contributed by atoms with van der Waals surface area (Å²) in [7, 11) is 0. The van der Waals surface area contributed by atoms with Gasteiger partial charge in [0.2, 0.25) is 0 Å². The summed E-state index contributed by atoms with van der Waals surface area (Å²) in [6, 6.07) is 24.7. The van der Waals surface area contributed by atoms with Crippen LogP contribution in [0.5, 0.6) is 11.5 Å². The lowest BCUT2D eigenvalue weighted by atomic mass is 10.1. The molecule has 0 aliphatic carbocycles. The van der Waals surface area contributed by atoms with Crippen molar-refractivity contribution >= 4 is 5.69 Å². The van der Waals surface area contributed by atoms with E-state index in [2.05, 4.69) is 61.6 Å². The van der Waals surface area contributed by atoms with E-state index in [9.17, 15) is 0 Å². The standard InChI is InChI=1S/C24H27NO2/c1-19-16-20(2)18-24(17-19)27-15-13-25-22-8-10-23(11-9-22)26-14-12-21-6-4-3-5-7-21/h3-11,16-18,25H,12-15H2,1-2H3. The molecule has 0 saturated heterocycles. The molecule has 3 aromatic rings. The highest BCUT2D eigenvalue weighted by atomic mass is 16.5. The monoisotopic (exact) mass is 361 g/mol. The van der Waals surface area contributed by atoms with Gasteiger partial charge in [0.15, 0.2) is 0 Å². The van der Waals surface area contributed by atoms with E-state index in [0.717, 1.165) is 30.2 Å². The van der Waals surface area contributed by atoms with Crippen molar-refractivity contribution in [2.24, 2.45) is 0 Å². The van der Waals surface area contributed by atoms with Crippen LogP contribution in [0.3, 0.4) is 0 Å². The summed E-state index contributed by atoms with van der Waals surface area (Å²) in [4.78, 5) is 0. The van der Waals surface area contributed by atoms with Crippen molar-refractivity contribution in [3.8, 4) is 11.5 Å². The second kappa shape index (κ2) is 9.67. The van der Waals surface area contributed by atoms with Crippen molar-refractivity contribution in [3.05, 3.63) is 89.5 Å². The normalized spacial score (nSPS) is 10.4. The van der Waals surface area contributed by atoms with E-state index >= 15 is 0 Å². The van der Waals surface area contributed by atoms with Crippen molar-refractivity contribution in [2.75, 3.05) is 25.1 Å². The molecule has 0 saturated carbocycles. The third kappa shape index (κ3) is 6.37. The first-order chi connectivity index (χ1) is 13.2. The van der Waals surface area contributed by atoms with Gasteiger partial charge in [0.05, 0.1) is 6.61 Å².